The molecule has 8 heteroatoms. The van der Waals surface area contributed by atoms with Crippen LogP contribution in [0.25, 0.3) is 5.69 Å². The first-order chi connectivity index (χ1) is 14.3. The molecule has 0 spiro atoms. The molecule has 1 unspecified atom stereocenters. The van der Waals surface area contributed by atoms with E-state index in [1.807, 2.05) is 52.8 Å². The Hall–Kier alpha value is -3.26. The molecular formula is C21H19N5O2S. The summed E-state index contributed by atoms with van der Waals surface area (Å²) < 4.78 is 15.7. The van der Waals surface area contributed by atoms with Crippen LogP contribution in [0.3, 0.4) is 0 Å². The summed E-state index contributed by atoms with van der Waals surface area (Å²) in [5.74, 6) is 3.06. The average molecular weight is 405 g/mol. The molecule has 2 aromatic carbocycles. The molecular weight excluding hydrogens is 386 g/mol. The largest absolute Gasteiger partial charge is 0.485 e. The number of hydrogen-bond acceptors (Lipinski definition) is 6. The molecule has 29 heavy (non-hydrogen) atoms. The molecule has 4 aromatic rings. The van der Waals surface area contributed by atoms with Gasteiger partial charge >= 0.3 is 0 Å². The summed E-state index contributed by atoms with van der Waals surface area (Å²) in [5.41, 5.74) is 2.25. The number of thioether (sulfide) groups is 1. The molecule has 0 N–H and O–H groups in total. The molecule has 146 valence electrons. The molecule has 1 aliphatic rings. The van der Waals surface area contributed by atoms with E-state index < -0.39 is 0 Å². The van der Waals surface area contributed by atoms with Crippen molar-refractivity contribution in [3.8, 4) is 17.2 Å². The van der Waals surface area contributed by atoms with E-state index in [9.17, 15) is 0 Å². The number of rotatable bonds is 5. The van der Waals surface area contributed by atoms with Gasteiger partial charge in [0.25, 0.3) is 0 Å². The summed E-state index contributed by atoms with van der Waals surface area (Å²) in [7, 11) is 1.96. The molecule has 3 heterocycles. The van der Waals surface area contributed by atoms with Gasteiger partial charge in [-0.15, -0.1) is 10.2 Å². The van der Waals surface area contributed by atoms with E-state index >= 15 is 0 Å². The van der Waals surface area contributed by atoms with Gasteiger partial charge in [0.05, 0.1) is 5.69 Å². The lowest BCUT2D eigenvalue weighted by molar-refractivity contribution is 0.0825. The van der Waals surface area contributed by atoms with Crippen LogP contribution in [0.1, 0.15) is 17.5 Å². The minimum atomic E-state index is -0.273. The highest BCUT2D eigenvalue weighted by atomic mass is 32.2. The van der Waals surface area contributed by atoms with Gasteiger partial charge in [0.15, 0.2) is 28.6 Å². The Morgan fingerprint density at radius 1 is 1.03 bits per heavy atom. The Balaban J connectivity index is 1.26. The second kappa shape index (κ2) is 7.63. The van der Waals surface area contributed by atoms with E-state index in [2.05, 4.69) is 39.6 Å². The van der Waals surface area contributed by atoms with Gasteiger partial charge in [-0.25, -0.2) is 4.68 Å². The van der Waals surface area contributed by atoms with Crippen molar-refractivity contribution in [1.29, 1.82) is 0 Å². The van der Waals surface area contributed by atoms with Crippen molar-refractivity contribution in [2.45, 2.75) is 17.0 Å². The van der Waals surface area contributed by atoms with Gasteiger partial charge in [-0.2, -0.15) is 5.10 Å². The van der Waals surface area contributed by atoms with Crippen molar-refractivity contribution in [2.24, 2.45) is 7.05 Å². The molecule has 0 bridgehead atoms. The van der Waals surface area contributed by atoms with Crippen LogP contribution < -0.4 is 9.47 Å². The number of aromatic nitrogens is 5. The van der Waals surface area contributed by atoms with Crippen LogP contribution >= 0.6 is 11.8 Å². The standard InChI is InChI=1S/C21H19N5O2S/c1-25-20(19-13-27-17-5-2-3-6-18(17)28-19)23-24-21(25)29-14-15-7-9-16(10-8-15)26-12-4-11-22-26/h2-12,19H,13-14H2,1H3. The maximum absolute atomic E-state index is 6.06. The lowest BCUT2D eigenvalue weighted by Gasteiger charge is -2.25. The fraction of sp³-hybridized carbons (Fsp3) is 0.190. The summed E-state index contributed by atoms with van der Waals surface area (Å²) in [6, 6.07) is 17.9. The maximum atomic E-state index is 6.06. The van der Waals surface area contributed by atoms with E-state index in [4.69, 9.17) is 9.47 Å². The second-order valence-electron chi connectivity index (χ2n) is 6.67. The zero-order valence-electron chi connectivity index (χ0n) is 15.8. The molecule has 5 rings (SSSR count). The smallest absolute Gasteiger partial charge is 0.192 e. The minimum Gasteiger partial charge on any atom is -0.485 e. The van der Waals surface area contributed by atoms with Gasteiger partial charge in [-0.1, -0.05) is 36.0 Å². The first-order valence-electron chi connectivity index (χ1n) is 9.27. The Labute approximate surface area is 172 Å². The third-order valence-corrected chi connectivity index (χ3v) is 5.83. The van der Waals surface area contributed by atoms with Gasteiger partial charge in [0, 0.05) is 25.2 Å². The molecule has 0 aliphatic carbocycles. The van der Waals surface area contributed by atoms with Crippen molar-refractivity contribution >= 4 is 11.8 Å². The van der Waals surface area contributed by atoms with Gasteiger partial charge in [-0.05, 0) is 35.9 Å². The first-order valence-corrected chi connectivity index (χ1v) is 10.3. The normalized spacial score (nSPS) is 15.4. The van der Waals surface area contributed by atoms with Crippen LogP contribution in [0.5, 0.6) is 11.5 Å². The number of benzene rings is 2. The topological polar surface area (TPSA) is 67.0 Å². The molecule has 0 radical (unpaired) electrons. The third kappa shape index (κ3) is 3.58. The number of hydrogen-bond donors (Lipinski definition) is 0. The van der Waals surface area contributed by atoms with Crippen molar-refractivity contribution in [3.63, 3.8) is 0 Å². The molecule has 0 saturated carbocycles. The van der Waals surface area contributed by atoms with Gasteiger partial charge in [0.1, 0.15) is 6.61 Å². The van der Waals surface area contributed by atoms with Crippen LogP contribution in [0, 0.1) is 0 Å². The molecule has 1 atom stereocenters. The summed E-state index contributed by atoms with van der Waals surface area (Å²) in [4.78, 5) is 0. The number of ether oxygens (including phenoxy) is 2. The SMILES string of the molecule is Cn1c(SCc2ccc(-n3cccn3)cc2)nnc1C1COc2ccccc2O1. The molecule has 7 nitrogen and oxygen atoms in total. The van der Waals surface area contributed by atoms with Crippen molar-refractivity contribution in [1.82, 2.24) is 24.5 Å². The number of fused-ring (bicyclic) bond motifs is 1. The van der Waals surface area contributed by atoms with Gasteiger partial charge < -0.3 is 14.0 Å². The highest BCUT2D eigenvalue weighted by Crippen LogP contribution is 2.36. The molecule has 0 fully saturated rings. The quantitative estimate of drug-likeness (QED) is 0.471. The van der Waals surface area contributed by atoms with Crippen LogP contribution in [0.2, 0.25) is 0 Å². The predicted octanol–water partition coefficient (Wildman–Crippen LogP) is 3.81. The molecule has 0 amide bonds. The second-order valence-corrected chi connectivity index (χ2v) is 7.61. The molecule has 1 aliphatic heterocycles. The number of para-hydroxylation sites is 2. The van der Waals surface area contributed by atoms with Gasteiger partial charge in [0.2, 0.25) is 0 Å². The maximum Gasteiger partial charge on any atom is 0.192 e. The van der Waals surface area contributed by atoms with E-state index in [1.54, 1.807) is 18.0 Å². The molecule has 0 saturated heterocycles. The summed E-state index contributed by atoms with van der Waals surface area (Å²) in [5, 5.41) is 13.8. The van der Waals surface area contributed by atoms with E-state index in [1.165, 1.54) is 5.56 Å². The fourth-order valence-corrected chi connectivity index (χ4v) is 4.07. The highest BCUT2D eigenvalue weighted by Gasteiger charge is 2.27. The predicted molar refractivity (Wildman–Crippen MR) is 109 cm³/mol. The summed E-state index contributed by atoms with van der Waals surface area (Å²) >= 11 is 1.64. The summed E-state index contributed by atoms with van der Waals surface area (Å²) in [6.07, 6.45) is 3.43. The zero-order chi connectivity index (χ0) is 19.6. The van der Waals surface area contributed by atoms with E-state index in [-0.39, 0.29) is 6.10 Å². The number of nitrogens with zero attached hydrogens (tertiary/aromatic N) is 5. The monoisotopic (exact) mass is 405 g/mol. The Morgan fingerprint density at radius 2 is 1.86 bits per heavy atom. The van der Waals surface area contributed by atoms with Crippen LogP contribution in [-0.2, 0) is 12.8 Å². The van der Waals surface area contributed by atoms with Crippen LogP contribution in [-0.4, -0.2) is 31.2 Å². The third-order valence-electron chi connectivity index (χ3n) is 4.74. The van der Waals surface area contributed by atoms with Crippen molar-refractivity contribution < 1.29 is 9.47 Å². The lowest BCUT2D eigenvalue weighted by atomic mass is 10.2. The average Bonchev–Trinajstić information content (AvgIpc) is 3.43. The first kappa shape index (κ1) is 17.8. The fourth-order valence-electron chi connectivity index (χ4n) is 3.19. The Kier molecular flexibility index (Phi) is 4.69. The van der Waals surface area contributed by atoms with Gasteiger partial charge in [-0.3, -0.25) is 0 Å². The van der Waals surface area contributed by atoms with Crippen molar-refractivity contribution in [3.05, 3.63) is 78.4 Å². The minimum absolute atomic E-state index is 0.273. The highest BCUT2D eigenvalue weighted by molar-refractivity contribution is 7.98. The summed E-state index contributed by atoms with van der Waals surface area (Å²) in [6.45, 7) is 0.419. The van der Waals surface area contributed by atoms with E-state index in [0.29, 0.717) is 6.61 Å². The zero-order valence-corrected chi connectivity index (χ0v) is 16.6. The van der Waals surface area contributed by atoms with Crippen LogP contribution in [0.15, 0.2) is 72.1 Å². The molecule has 2 aromatic heterocycles. The lowest BCUT2D eigenvalue weighted by Crippen LogP contribution is -2.24. The van der Waals surface area contributed by atoms with Crippen LogP contribution in [0.4, 0.5) is 0 Å². The Morgan fingerprint density at radius 3 is 2.66 bits per heavy atom. The Bertz CT molecular complexity index is 1110. The van der Waals surface area contributed by atoms with E-state index in [0.717, 1.165) is 33.9 Å². The van der Waals surface area contributed by atoms with Crippen molar-refractivity contribution in [2.75, 3.05) is 6.61 Å².